The van der Waals surface area contributed by atoms with Crippen LogP contribution in [0.1, 0.15) is 20.7 Å². The zero-order valence-corrected chi connectivity index (χ0v) is 23.6. The average Bonchev–Trinajstić information content (AvgIpc) is 2.95. The molecule has 0 radical (unpaired) electrons. The highest BCUT2D eigenvalue weighted by Crippen LogP contribution is 2.48. The highest BCUT2D eigenvalue weighted by molar-refractivity contribution is 6.09. The summed E-state index contributed by atoms with van der Waals surface area (Å²) >= 11 is 0. The van der Waals surface area contributed by atoms with Crippen molar-refractivity contribution in [2.24, 2.45) is 11.5 Å². The molecule has 40 heavy (non-hydrogen) atoms. The molecule has 0 bridgehead atoms. The molecule has 0 fully saturated rings. The van der Waals surface area contributed by atoms with Gasteiger partial charge in [-0.15, -0.1) is 0 Å². The van der Waals surface area contributed by atoms with Crippen molar-refractivity contribution in [2.75, 3.05) is 52.2 Å². The van der Waals surface area contributed by atoms with Crippen LogP contribution in [-0.4, -0.2) is 54.2 Å². The van der Waals surface area contributed by atoms with E-state index in [0.29, 0.717) is 33.8 Å². The first kappa shape index (κ1) is 28.0. The highest BCUT2D eigenvalue weighted by Gasteiger charge is 2.25. The topological polar surface area (TPSA) is 111 Å². The van der Waals surface area contributed by atoms with Crippen LogP contribution in [0.4, 0.5) is 11.4 Å². The van der Waals surface area contributed by atoms with Gasteiger partial charge in [-0.1, -0.05) is 18.2 Å². The number of primary amides is 2. The van der Waals surface area contributed by atoms with Crippen molar-refractivity contribution in [3.05, 3.63) is 83.9 Å². The average molecular weight is 539 g/mol. The zero-order chi connectivity index (χ0) is 29.1. The van der Waals surface area contributed by atoms with Gasteiger partial charge in [-0.3, -0.25) is 9.59 Å². The maximum Gasteiger partial charge on any atom is 0.249 e. The molecular weight excluding hydrogens is 504 g/mol. The molecule has 0 aromatic heterocycles. The summed E-state index contributed by atoms with van der Waals surface area (Å²) in [6.07, 6.45) is 0. The van der Waals surface area contributed by atoms with Gasteiger partial charge in [0, 0.05) is 85.1 Å². The minimum atomic E-state index is -0.575. The van der Waals surface area contributed by atoms with Gasteiger partial charge in [-0.25, -0.2) is 0 Å². The number of nitrogens with zero attached hydrogens (tertiary/aromatic N) is 2. The first-order chi connectivity index (χ1) is 19.1. The summed E-state index contributed by atoms with van der Waals surface area (Å²) in [5.41, 5.74) is 18.5. The third-order valence-corrected chi connectivity index (χ3v) is 6.89. The van der Waals surface area contributed by atoms with Crippen LogP contribution in [0.2, 0.25) is 0 Å². The Hall–Kier alpha value is -4.98. The lowest BCUT2D eigenvalue weighted by Crippen LogP contribution is -2.14. The monoisotopic (exact) mass is 538 g/mol. The fourth-order valence-electron chi connectivity index (χ4n) is 4.75. The number of nitrogens with two attached hydrogens (primary N) is 2. The Morgan fingerprint density at radius 1 is 0.600 bits per heavy atom. The van der Waals surface area contributed by atoms with Gasteiger partial charge in [-0.05, 0) is 53.6 Å². The second-order valence-corrected chi connectivity index (χ2v) is 9.77. The van der Waals surface area contributed by atoms with E-state index in [9.17, 15) is 9.59 Å². The Balaban J connectivity index is 2.17. The van der Waals surface area contributed by atoms with Gasteiger partial charge in [-0.2, -0.15) is 0 Å². The summed E-state index contributed by atoms with van der Waals surface area (Å²) in [6.45, 7) is 0. The lowest BCUT2D eigenvalue weighted by Gasteiger charge is -2.24. The van der Waals surface area contributed by atoms with Crippen molar-refractivity contribution in [1.29, 1.82) is 0 Å². The number of hydrogen-bond donors (Lipinski definition) is 2. The van der Waals surface area contributed by atoms with Crippen molar-refractivity contribution in [1.82, 2.24) is 0 Å². The molecule has 0 aliphatic heterocycles. The molecule has 8 nitrogen and oxygen atoms in total. The third-order valence-electron chi connectivity index (χ3n) is 6.89. The maximum atomic E-state index is 12.9. The number of rotatable bonds is 9. The molecule has 0 saturated heterocycles. The van der Waals surface area contributed by atoms with Gasteiger partial charge >= 0.3 is 0 Å². The minimum Gasteiger partial charge on any atom is -0.496 e. The molecule has 0 unspecified atom stereocenters. The predicted molar refractivity (Wildman–Crippen MR) is 162 cm³/mol. The summed E-state index contributed by atoms with van der Waals surface area (Å²) in [7, 11) is 11.0. The van der Waals surface area contributed by atoms with Crippen LogP contribution in [-0.2, 0) is 0 Å². The van der Waals surface area contributed by atoms with Gasteiger partial charge in [0.15, 0.2) is 0 Å². The third kappa shape index (κ3) is 5.29. The Kier molecular flexibility index (Phi) is 8.00. The van der Waals surface area contributed by atoms with Crippen molar-refractivity contribution in [3.8, 4) is 44.9 Å². The SMILES string of the molecule is COc1cc(N(C)C)ccc1-c1c(C(N)=O)ccc(-c2ccc(C(N)=O)cc2)c1-c1ccc(N(C)C)cc1OC. The van der Waals surface area contributed by atoms with E-state index in [1.807, 2.05) is 92.6 Å². The predicted octanol–water partition coefficient (Wildman–Crippen LogP) is 5.03. The zero-order valence-electron chi connectivity index (χ0n) is 23.6. The van der Waals surface area contributed by atoms with Crippen LogP contribution in [0.25, 0.3) is 33.4 Å². The van der Waals surface area contributed by atoms with Crippen LogP contribution in [0.5, 0.6) is 11.5 Å². The van der Waals surface area contributed by atoms with Crippen molar-refractivity contribution >= 4 is 23.2 Å². The van der Waals surface area contributed by atoms with E-state index in [0.717, 1.165) is 33.6 Å². The molecule has 8 heteroatoms. The molecule has 0 saturated carbocycles. The molecule has 4 rings (SSSR count). The number of ether oxygens (including phenoxy) is 2. The minimum absolute atomic E-state index is 0.335. The molecule has 0 aliphatic carbocycles. The molecule has 4 aromatic carbocycles. The van der Waals surface area contributed by atoms with E-state index in [-0.39, 0.29) is 0 Å². The summed E-state index contributed by atoms with van der Waals surface area (Å²) in [6, 6.07) is 22.3. The first-order valence-corrected chi connectivity index (χ1v) is 12.7. The van der Waals surface area contributed by atoms with Crippen LogP contribution >= 0.6 is 0 Å². The van der Waals surface area contributed by atoms with Crippen molar-refractivity contribution in [2.45, 2.75) is 0 Å². The molecule has 0 heterocycles. The van der Waals surface area contributed by atoms with Crippen molar-refractivity contribution < 1.29 is 19.1 Å². The molecule has 206 valence electrons. The van der Waals surface area contributed by atoms with E-state index < -0.39 is 11.8 Å². The second kappa shape index (κ2) is 11.4. The molecular formula is C32H34N4O4. The Bertz CT molecular complexity index is 1580. The van der Waals surface area contributed by atoms with Gasteiger partial charge in [0.05, 0.1) is 14.2 Å². The van der Waals surface area contributed by atoms with Crippen LogP contribution < -0.4 is 30.7 Å². The fourth-order valence-corrected chi connectivity index (χ4v) is 4.75. The number of carbonyl (C=O) groups excluding carboxylic acids is 2. The van der Waals surface area contributed by atoms with E-state index in [4.69, 9.17) is 20.9 Å². The number of hydrogen-bond acceptors (Lipinski definition) is 6. The number of carbonyl (C=O) groups is 2. The second-order valence-electron chi connectivity index (χ2n) is 9.77. The number of amides is 2. The van der Waals surface area contributed by atoms with Gasteiger partial charge < -0.3 is 30.7 Å². The van der Waals surface area contributed by atoms with E-state index in [1.165, 1.54) is 0 Å². The standard InChI is InChI=1S/C32H34N4O4/c1-35(2)21-11-13-24(27(17-21)39-5)29-23(19-7-9-20(10-8-19)31(33)37)15-16-26(32(34)38)30(29)25-14-12-22(36(3)4)18-28(25)40-6/h7-18H,1-6H3,(H2,33,37)(H2,34,38). The van der Waals surface area contributed by atoms with Crippen molar-refractivity contribution in [3.63, 3.8) is 0 Å². The quantitative estimate of drug-likeness (QED) is 0.309. The smallest absolute Gasteiger partial charge is 0.249 e. The maximum absolute atomic E-state index is 12.9. The lowest BCUT2D eigenvalue weighted by atomic mass is 9.83. The Labute approximate surface area is 234 Å². The van der Waals surface area contributed by atoms with E-state index in [1.54, 1.807) is 32.4 Å². The van der Waals surface area contributed by atoms with Crippen LogP contribution in [0.3, 0.4) is 0 Å². The van der Waals surface area contributed by atoms with Crippen LogP contribution in [0, 0.1) is 0 Å². The molecule has 0 atom stereocenters. The Morgan fingerprint density at radius 3 is 1.50 bits per heavy atom. The molecule has 4 aromatic rings. The van der Waals surface area contributed by atoms with Gasteiger partial charge in [0.2, 0.25) is 11.8 Å². The number of methoxy groups -OCH3 is 2. The largest absolute Gasteiger partial charge is 0.496 e. The molecule has 2 amide bonds. The first-order valence-electron chi connectivity index (χ1n) is 12.7. The summed E-state index contributed by atoms with van der Waals surface area (Å²) in [4.78, 5) is 28.6. The normalized spacial score (nSPS) is 10.7. The lowest BCUT2D eigenvalue weighted by molar-refractivity contribution is 0.0992. The Morgan fingerprint density at radius 2 is 1.07 bits per heavy atom. The number of benzene rings is 4. The summed E-state index contributed by atoms with van der Waals surface area (Å²) in [5, 5.41) is 0. The van der Waals surface area contributed by atoms with Gasteiger partial charge in [0.1, 0.15) is 11.5 Å². The molecule has 0 aliphatic rings. The van der Waals surface area contributed by atoms with E-state index in [2.05, 4.69) is 0 Å². The van der Waals surface area contributed by atoms with E-state index >= 15 is 0 Å². The molecule has 4 N–H and O–H groups in total. The summed E-state index contributed by atoms with van der Waals surface area (Å²) < 4.78 is 11.7. The summed E-state index contributed by atoms with van der Waals surface area (Å²) in [5.74, 6) is 0.116. The molecule has 0 spiro atoms. The number of anilines is 2. The fraction of sp³-hybridized carbons (Fsp3) is 0.188. The van der Waals surface area contributed by atoms with Crippen LogP contribution in [0.15, 0.2) is 72.8 Å². The highest BCUT2D eigenvalue weighted by atomic mass is 16.5. The van der Waals surface area contributed by atoms with Gasteiger partial charge in [0.25, 0.3) is 0 Å².